The number of thioether (sulfide) groups is 1. The number of ether oxygens (including phenoxy) is 1. The molecule has 3 rings (SSSR count). The van der Waals surface area contributed by atoms with E-state index in [2.05, 4.69) is 21.6 Å². The van der Waals surface area contributed by atoms with Gasteiger partial charge in [0.1, 0.15) is 5.75 Å². The number of aryl methyl sites for hydroxylation is 2. The molecule has 1 N–H and O–H groups in total. The summed E-state index contributed by atoms with van der Waals surface area (Å²) in [6.07, 6.45) is 0. The van der Waals surface area contributed by atoms with E-state index in [1.54, 1.807) is 7.11 Å². The zero-order valence-electron chi connectivity index (χ0n) is 14.8. The Hall–Kier alpha value is -2.80. The molecule has 0 aliphatic rings. The number of aromatic nitrogens is 2. The molecule has 0 aliphatic heterocycles. The van der Waals surface area contributed by atoms with E-state index in [9.17, 15) is 4.79 Å². The Morgan fingerprint density at radius 3 is 2.65 bits per heavy atom. The first-order chi connectivity index (χ1) is 12.5. The molecule has 0 fully saturated rings. The van der Waals surface area contributed by atoms with Gasteiger partial charge in [0, 0.05) is 11.3 Å². The second-order valence-electron chi connectivity index (χ2n) is 5.82. The molecule has 0 unspecified atom stereocenters. The van der Waals surface area contributed by atoms with Crippen molar-refractivity contribution in [1.29, 1.82) is 0 Å². The van der Waals surface area contributed by atoms with Crippen LogP contribution in [0.5, 0.6) is 5.75 Å². The predicted octanol–water partition coefficient (Wildman–Crippen LogP) is 4.09. The van der Waals surface area contributed by atoms with Gasteiger partial charge in [-0.25, -0.2) is 0 Å². The van der Waals surface area contributed by atoms with Crippen LogP contribution in [0.4, 0.5) is 5.69 Å². The summed E-state index contributed by atoms with van der Waals surface area (Å²) >= 11 is 1.20. The van der Waals surface area contributed by atoms with Crippen molar-refractivity contribution in [3.05, 3.63) is 53.6 Å². The summed E-state index contributed by atoms with van der Waals surface area (Å²) in [4.78, 5) is 12.1. The molecule has 1 amide bonds. The molecule has 134 valence electrons. The predicted molar refractivity (Wildman–Crippen MR) is 102 cm³/mol. The van der Waals surface area contributed by atoms with E-state index in [-0.39, 0.29) is 11.7 Å². The van der Waals surface area contributed by atoms with E-state index in [1.807, 2.05) is 50.2 Å². The Morgan fingerprint density at radius 2 is 1.92 bits per heavy atom. The van der Waals surface area contributed by atoms with Crippen molar-refractivity contribution in [2.45, 2.75) is 19.1 Å². The van der Waals surface area contributed by atoms with Crippen LogP contribution in [0.3, 0.4) is 0 Å². The number of anilines is 1. The number of carbonyl (C=O) groups is 1. The summed E-state index contributed by atoms with van der Waals surface area (Å²) in [5.41, 5.74) is 3.76. The summed E-state index contributed by atoms with van der Waals surface area (Å²) in [6.45, 7) is 3.99. The van der Waals surface area contributed by atoms with Gasteiger partial charge in [-0.05, 0) is 55.3 Å². The third-order valence-electron chi connectivity index (χ3n) is 3.56. The van der Waals surface area contributed by atoms with Crippen LogP contribution in [-0.2, 0) is 4.79 Å². The fourth-order valence-corrected chi connectivity index (χ4v) is 3.08. The summed E-state index contributed by atoms with van der Waals surface area (Å²) in [7, 11) is 1.60. The van der Waals surface area contributed by atoms with Gasteiger partial charge in [0.25, 0.3) is 5.22 Å². The van der Waals surface area contributed by atoms with E-state index < -0.39 is 0 Å². The quantitative estimate of drug-likeness (QED) is 0.660. The van der Waals surface area contributed by atoms with Crippen LogP contribution in [0.15, 0.2) is 52.1 Å². The molecule has 0 bridgehead atoms. The van der Waals surface area contributed by atoms with Gasteiger partial charge < -0.3 is 14.5 Å². The van der Waals surface area contributed by atoms with Crippen LogP contribution in [-0.4, -0.2) is 29.0 Å². The molecule has 3 aromatic rings. The number of amides is 1. The third kappa shape index (κ3) is 4.64. The van der Waals surface area contributed by atoms with Gasteiger partial charge in [0.15, 0.2) is 0 Å². The zero-order chi connectivity index (χ0) is 18.5. The first-order valence-corrected chi connectivity index (χ1v) is 9.01. The molecule has 0 atom stereocenters. The zero-order valence-corrected chi connectivity index (χ0v) is 15.6. The highest BCUT2D eigenvalue weighted by Crippen LogP contribution is 2.26. The number of benzene rings is 2. The number of hydrogen-bond donors (Lipinski definition) is 1. The van der Waals surface area contributed by atoms with Crippen molar-refractivity contribution in [1.82, 2.24) is 10.2 Å². The van der Waals surface area contributed by atoms with E-state index in [1.165, 1.54) is 11.8 Å². The van der Waals surface area contributed by atoms with E-state index >= 15 is 0 Å². The maximum atomic E-state index is 12.1. The smallest absolute Gasteiger partial charge is 0.277 e. The van der Waals surface area contributed by atoms with E-state index in [4.69, 9.17) is 9.15 Å². The largest absolute Gasteiger partial charge is 0.497 e. The average Bonchev–Trinajstić information content (AvgIpc) is 3.08. The first-order valence-electron chi connectivity index (χ1n) is 8.02. The maximum absolute atomic E-state index is 12.1. The van der Waals surface area contributed by atoms with Crippen molar-refractivity contribution < 1.29 is 13.9 Å². The molecule has 6 nitrogen and oxygen atoms in total. The number of nitrogens with one attached hydrogen (secondary N) is 1. The minimum Gasteiger partial charge on any atom is -0.497 e. The third-order valence-corrected chi connectivity index (χ3v) is 4.37. The van der Waals surface area contributed by atoms with Crippen LogP contribution in [0.2, 0.25) is 0 Å². The minimum absolute atomic E-state index is 0.124. The number of rotatable bonds is 6. The fourth-order valence-electron chi connectivity index (χ4n) is 2.51. The maximum Gasteiger partial charge on any atom is 0.277 e. The van der Waals surface area contributed by atoms with Crippen LogP contribution < -0.4 is 10.1 Å². The molecule has 1 heterocycles. The monoisotopic (exact) mass is 369 g/mol. The molecule has 0 aliphatic carbocycles. The Labute approximate surface area is 156 Å². The van der Waals surface area contributed by atoms with Crippen molar-refractivity contribution >= 4 is 23.4 Å². The van der Waals surface area contributed by atoms with Crippen LogP contribution in [0.25, 0.3) is 11.5 Å². The minimum atomic E-state index is -0.124. The summed E-state index contributed by atoms with van der Waals surface area (Å²) < 4.78 is 10.8. The SMILES string of the molecule is COc1cccc(-c2nnc(SCC(=O)Nc3cc(C)cc(C)c3)o2)c1. The highest BCUT2D eigenvalue weighted by Gasteiger charge is 2.12. The Balaban J connectivity index is 1.59. The number of nitrogens with zero attached hydrogens (tertiary/aromatic N) is 2. The second-order valence-corrected chi connectivity index (χ2v) is 6.74. The Morgan fingerprint density at radius 1 is 1.15 bits per heavy atom. The normalized spacial score (nSPS) is 10.6. The van der Waals surface area contributed by atoms with E-state index in [0.29, 0.717) is 16.9 Å². The van der Waals surface area contributed by atoms with Crippen molar-refractivity contribution in [2.24, 2.45) is 0 Å². The molecule has 2 aromatic carbocycles. The van der Waals surface area contributed by atoms with Gasteiger partial charge in [0.05, 0.1) is 12.9 Å². The first kappa shape index (κ1) is 18.0. The topological polar surface area (TPSA) is 77.2 Å². The van der Waals surface area contributed by atoms with Crippen LogP contribution >= 0.6 is 11.8 Å². The van der Waals surface area contributed by atoms with E-state index in [0.717, 1.165) is 22.4 Å². The molecule has 0 saturated heterocycles. The molecule has 1 aromatic heterocycles. The lowest BCUT2D eigenvalue weighted by Crippen LogP contribution is -2.14. The summed E-state index contributed by atoms with van der Waals surface area (Å²) in [5, 5.41) is 11.2. The lowest BCUT2D eigenvalue weighted by molar-refractivity contribution is -0.113. The van der Waals surface area contributed by atoms with Crippen molar-refractivity contribution in [3.63, 3.8) is 0 Å². The second kappa shape index (κ2) is 8.05. The Kier molecular flexibility index (Phi) is 5.58. The van der Waals surface area contributed by atoms with Gasteiger partial charge in [-0.1, -0.05) is 23.9 Å². The highest BCUT2D eigenvalue weighted by atomic mass is 32.2. The van der Waals surface area contributed by atoms with Gasteiger partial charge >= 0.3 is 0 Å². The molecule has 0 saturated carbocycles. The lowest BCUT2D eigenvalue weighted by atomic mass is 10.1. The van der Waals surface area contributed by atoms with Crippen molar-refractivity contribution in [2.75, 3.05) is 18.2 Å². The lowest BCUT2D eigenvalue weighted by Gasteiger charge is -2.06. The van der Waals surface area contributed by atoms with Gasteiger partial charge in [-0.15, -0.1) is 10.2 Å². The molecule has 7 heteroatoms. The average molecular weight is 369 g/mol. The number of carbonyl (C=O) groups excluding carboxylic acids is 1. The van der Waals surface area contributed by atoms with Crippen LogP contribution in [0, 0.1) is 13.8 Å². The standard InChI is InChI=1S/C19H19N3O3S/c1-12-7-13(2)9-15(8-12)20-17(23)11-26-19-22-21-18(25-19)14-5-4-6-16(10-14)24-3/h4-10H,11H2,1-3H3,(H,20,23). The van der Waals surface area contributed by atoms with Gasteiger partial charge in [0.2, 0.25) is 11.8 Å². The van der Waals surface area contributed by atoms with Crippen molar-refractivity contribution in [3.8, 4) is 17.2 Å². The molecule has 26 heavy (non-hydrogen) atoms. The molecular formula is C19H19N3O3S. The van der Waals surface area contributed by atoms with Crippen LogP contribution in [0.1, 0.15) is 11.1 Å². The summed E-state index contributed by atoms with van der Waals surface area (Å²) in [6, 6.07) is 13.3. The van der Waals surface area contributed by atoms with Gasteiger partial charge in [-0.3, -0.25) is 4.79 Å². The molecule has 0 radical (unpaired) electrons. The number of hydrogen-bond acceptors (Lipinski definition) is 6. The summed E-state index contributed by atoms with van der Waals surface area (Å²) in [5.74, 6) is 1.16. The highest BCUT2D eigenvalue weighted by molar-refractivity contribution is 7.99. The number of methoxy groups -OCH3 is 1. The fraction of sp³-hybridized carbons (Fsp3) is 0.211. The Bertz CT molecular complexity index is 904. The molecule has 0 spiro atoms. The molecular weight excluding hydrogens is 350 g/mol. The van der Waals surface area contributed by atoms with Gasteiger partial charge in [-0.2, -0.15) is 0 Å².